The minimum Gasteiger partial charge on any atom is -0.412 e. The molecule has 0 radical (unpaired) electrons. The molecule has 3 atom stereocenters. The molecular weight excluding hydrogens is 433 g/mol. The SMILES string of the molecule is C#C[C@H](C[C@@H](O[Si](C)(C)C(C)(C)C)[C@@H](C)O[Si](C)(C)C(C)(C)C)O[Si](C)(C)C(C)(C)C. The molecule has 0 aliphatic heterocycles. The lowest BCUT2D eigenvalue weighted by Crippen LogP contribution is -2.52. The zero-order valence-electron chi connectivity index (χ0n) is 23.7. The van der Waals surface area contributed by atoms with E-state index >= 15 is 0 Å². The number of terminal acetylenes is 1. The Morgan fingerprint density at radius 3 is 1.29 bits per heavy atom. The summed E-state index contributed by atoms with van der Waals surface area (Å²) in [6.07, 6.45) is 6.28. The zero-order valence-corrected chi connectivity index (χ0v) is 26.7. The molecule has 0 saturated heterocycles. The summed E-state index contributed by atoms with van der Waals surface area (Å²) in [5, 5.41) is 0.376. The van der Waals surface area contributed by atoms with E-state index in [0.29, 0.717) is 6.42 Å². The Morgan fingerprint density at radius 1 is 0.645 bits per heavy atom. The second kappa shape index (κ2) is 10.1. The van der Waals surface area contributed by atoms with Gasteiger partial charge in [0, 0.05) is 6.42 Å². The monoisotopic (exact) mass is 486 g/mol. The summed E-state index contributed by atoms with van der Waals surface area (Å²) in [5.74, 6) is 2.94. The van der Waals surface area contributed by atoms with Crippen LogP contribution in [0.3, 0.4) is 0 Å². The summed E-state index contributed by atoms with van der Waals surface area (Å²) in [5.41, 5.74) is 0. The van der Waals surface area contributed by atoms with Gasteiger partial charge < -0.3 is 13.3 Å². The Kier molecular flexibility index (Phi) is 10.2. The fourth-order valence-corrected chi connectivity index (χ4v) is 6.56. The van der Waals surface area contributed by atoms with Crippen LogP contribution in [0.25, 0.3) is 0 Å². The van der Waals surface area contributed by atoms with Gasteiger partial charge in [0.1, 0.15) is 6.10 Å². The maximum absolute atomic E-state index is 6.93. The van der Waals surface area contributed by atoms with E-state index in [1.807, 2.05) is 0 Å². The van der Waals surface area contributed by atoms with Crippen molar-refractivity contribution in [1.82, 2.24) is 0 Å². The molecule has 3 nitrogen and oxygen atoms in total. The summed E-state index contributed by atoms with van der Waals surface area (Å²) >= 11 is 0. The molecule has 0 saturated carbocycles. The average molecular weight is 487 g/mol. The van der Waals surface area contributed by atoms with Gasteiger partial charge in [-0.1, -0.05) is 68.2 Å². The van der Waals surface area contributed by atoms with Gasteiger partial charge in [-0.15, -0.1) is 6.42 Å². The molecule has 184 valence electrons. The molecule has 31 heavy (non-hydrogen) atoms. The van der Waals surface area contributed by atoms with Gasteiger partial charge in [-0.2, -0.15) is 0 Å². The van der Waals surface area contributed by atoms with Crippen LogP contribution in [0, 0.1) is 12.3 Å². The molecule has 0 aliphatic carbocycles. The lowest BCUT2D eigenvalue weighted by molar-refractivity contribution is 0.0230. The van der Waals surface area contributed by atoms with Crippen molar-refractivity contribution in [3.05, 3.63) is 0 Å². The first-order valence-electron chi connectivity index (χ1n) is 11.9. The maximum Gasteiger partial charge on any atom is 0.193 e. The van der Waals surface area contributed by atoms with Gasteiger partial charge in [0.05, 0.1) is 12.2 Å². The van der Waals surface area contributed by atoms with Crippen LogP contribution >= 0.6 is 0 Å². The van der Waals surface area contributed by atoms with E-state index in [1.54, 1.807) is 0 Å². The molecule has 0 unspecified atom stereocenters. The molecule has 0 rings (SSSR count). The van der Waals surface area contributed by atoms with Crippen LogP contribution in [-0.2, 0) is 13.3 Å². The molecule has 0 N–H and O–H groups in total. The van der Waals surface area contributed by atoms with Crippen LogP contribution in [0.4, 0.5) is 0 Å². The molecular formula is C25H54O3Si3. The predicted octanol–water partition coefficient (Wildman–Crippen LogP) is 8.20. The Labute approximate surface area is 198 Å². The van der Waals surface area contributed by atoms with Crippen molar-refractivity contribution in [1.29, 1.82) is 0 Å². The predicted molar refractivity (Wildman–Crippen MR) is 145 cm³/mol. The van der Waals surface area contributed by atoms with Crippen molar-refractivity contribution in [3.8, 4) is 12.3 Å². The van der Waals surface area contributed by atoms with Crippen LogP contribution in [0.15, 0.2) is 0 Å². The second-order valence-corrected chi connectivity index (χ2v) is 28.0. The highest BCUT2D eigenvalue weighted by molar-refractivity contribution is 6.75. The molecule has 0 aromatic carbocycles. The van der Waals surface area contributed by atoms with Gasteiger partial charge in [0.2, 0.25) is 0 Å². The summed E-state index contributed by atoms with van der Waals surface area (Å²) in [6.45, 7) is 36.3. The van der Waals surface area contributed by atoms with Crippen LogP contribution in [0.2, 0.25) is 54.4 Å². The Balaban J connectivity index is 5.90. The highest BCUT2D eigenvalue weighted by atomic mass is 28.4. The first-order valence-corrected chi connectivity index (χ1v) is 20.6. The van der Waals surface area contributed by atoms with Crippen LogP contribution in [0.5, 0.6) is 0 Å². The van der Waals surface area contributed by atoms with Gasteiger partial charge in [0.25, 0.3) is 0 Å². The van der Waals surface area contributed by atoms with Crippen molar-refractivity contribution in [2.75, 3.05) is 0 Å². The van der Waals surface area contributed by atoms with E-state index in [-0.39, 0.29) is 33.4 Å². The fourth-order valence-electron chi connectivity index (χ4n) is 2.50. The lowest BCUT2D eigenvalue weighted by Gasteiger charge is -2.45. The minimum atomic E-state index is -2.00. The Bertz CT molecular complexity index is 614. The van der Waals surface area contributed by atoms with Gasteiger partial charge in [-0.25, -0.2) is 0 Å². The topological polar surface area (TPSA) is 27.7 Å². The van der Waals surface area contributed by atoms with E-state index < -0.39 is 25.0 Å². The molecule has 6 heteroatoms. The third-order valence-corrected chi connectivity index (χ3v) is 21.5. The number of hydrogen-bond acceptors (Lipinski definition) is 3. The van der Waals surface area contributed by atoms with E-state index in [9.17, 15) is 0 Å². The minimum absolute atomic E-state index is 0.0334. The average Bonchev–Trinajstić information content (AvgIpc) is 2.49. The maximum atomic E-state index is 6.93. The van der Waals surface area contributed by atoms with E-state index in [0.717, 1.165) is 0 Å². The fraction of sp³-hybridized carbons (Fsp3) is 0.920. The molecule has 0 amide bonds. The van der Waals surface area contributed by atoms with Crippen LogP contribution < -0.4 is 0 Å². The van der Waals surface area contributed by atoms with Gasteiger partial charge in [-0.3, -0.25) is 0 Å². The number of hydrogen-bond donors (Lipinski definition) is 0. The Hall–Kier alpha value is 0.0906. The van der Waals surface area contributed by atoms with Gasteiger partial charge in [0.15, 0.2) is 25.0 Å². The van der Waals surface area contributed by atoms with Crippen molar-refractivity contribution in [3.63, 3.8) is 0 Å². The van der Waals surface area contributed by atoms with Crippen molar-refractivity contribution >= 4 is 25.0 Å². The summed E-state index contributed by atoms with van der Waals surface area (Å²) in [4.78, 5) is 0. The van der Waals surface area contributed by atoms with Crippen molar-refractivity contribution in [2.24, 2.45) is 0 Å². The first kappa shape index (κ1) is 31.1. The quantitative estimate of drug-likeness (QED) is 0.243. The van der Waals surface area contributed by atoms with E-state index in [1.165, 1.54) is 0 Å². The third-order valence-electron chi connectivity index (χ3n) is 7.94. The third kappa shape index (κ3) is 8.75. The second-order valence-electron chi connectivity index (χ2n) is 13.8. The smallest absolute Gasteiger partial charge is 0.193 e. The van der Waals surface area contributed by atoms with E-state index in [2.05, 4.69) is 114 Å². The summed E-state index contributed by atoms with van der Waals surface area (Å²) in [6, 6.07) is 0. The molecule has 0 spiro atoms. The largest absolute Gasteiger partial charge is 0.412 e. The normalized spacial score (nSPS) is 17.8. The number of rotatable bonds is 9. The molecule has 0 heterocycles. The molecule has 0 aromatic rings. The molecule has 0 aliphatic rings. The van der Waals surface area contributed by atoms with E-state index in [4.69, 9.17) is 19.7 Å². The summed E-state index contributed by atoms with van der Waals surface area (Å²) in [7, 11) is -5.92. The standard InChI is InChI=1S/C25H54O3Si3/c1-18-21(27-30(14,15)24(6,7)8)19-22(28-31(16,17)25(9,10)11)20(2)26-29(12,13)23(3,4)5/h1,20-22H,19H2,2-17H3/t20-,21-,22-/m1/s1. The molecule has 0 bridgehead atoms. The zero-order chi connectivity index (χ0) is 25.3. The molecule has 0 fully saturated rings. The Morgan fingerprint density at radius 2 is 0.968 bits per heavy atom. The first-order chi connectivity index (χ1) is 13.4. The van der Waals surface area contributed by atoms with Crippen LogP contribution in [-0.4, -0.2) is 43.3 Å². The molecule has 0 aromatic heterocycles. The highest BCUT2D eigenvalue weighted by Crippen LogP contribution is 2.42. The summed E-state index contributed by atoms with van der Waals surface area (Å²) < 4.78 is 20.3. The van der Waals surface area contributed by atoms with Crippen LogP contribution in [0.1, 0.15) is 75.7 Å². The van der Waals surface area contributed by atoms with Crippen molar-refractivity contribution < 1.29 is 13.3 Å². The highest BCUT2D eigenvalue weighted by Gasteiger charge is 2.45. The van der Waals surface area contributed by atoms with Gasteiger partial charge >= 0.3 is 0 Å². The van der Waals surface area contributed by atoms with Crippen molar-refractivity contribution in [2.45, 2.75) is 148 Å². The van der Waals surface area contributed by atoms with Gasteiger partial charge in [-0.05, 0) is 61.3 Å². The lowest BCUT2D eigenvalue weighted by atomic mass is 10.1.